The molecule has 2 aliphatic rings. The van der Waals surface area contributed by atoms with Gasteiger partial charge in [0.1, 0.15) is 5.82 Å². The molecule has 2 amide bonds. The second-order valence-electron chi connectivity index (χ2n) is 8.53. The molecular formula is C24H22N6O3. The van der Waals surface area contributed by atoms with E-state index >= 15 is 0 Å². The number of nitriles is 1. The van der Waals surface area contributed by atoms with Crippen molar-refractivity contribution in [3.05, 3.63) is 59.4 Å². The van der Waals surface area contributed by atoms with Crippen molar-refractivity contribution in [3.63, 3.8) is 0 Å². The minimum atomic E-state index is -0.733. The summed E-state index contributed by atoms with van der Waals surface area (Å²) in [5.41, 5.74) is 9.52. The molecule has 3 aromatic rings. The van der Waals surface area contributed by atoms with Gasteiger partial charge in [0, 0.05) is 12.1 Å². The van der Waals surface area contributed by atoms with Gasteiger partial charge in [-0.2, -0.15) is 10.2 Å². The minimum Gasteiger partial charge on any atom is -0.361 e. The summed E-state index contributed by atoms with van der Waals surface area (Å²) in [6.07, 6.45) is 6.10. The highest BCUT2D eigenvalue weighted by Crippen LogP contribution is 2.39. The standard InChI is InChI=1S/C24H22N6O3/c25-12-16-10-19(16)23(32)28-20-11-14(7-8-27-20)13-5-6-17-15(9-13)3-1-2-4-18(17)22-29-24(21(26)31)33-30-22/h5-9,11,16,18-19H,1-4,10H2,(H2,26,31)(H,27,28,32)/t16-,18+,19+/m0/s1. The van der Waals surface area contributed by atoms with Crippen molar-refractivity contribution >= 4 is 17.6 Å². The van der Waals surface area contributed by atoms with E-state index in [1.807, 2.05) is 18.2 Å². The Hall–Kier alpha value is -4.06. The summed E-state index contributed by atoms with van der Waals surface area (Å²) in [6.45, 7) is 0. The molecule has 5 rings (SSSR count). The number of pyridine rings is 1. The van der Waals surface area contributed by atoms with Gasteiger partial charge in [-0.1, -0.05) is 29.8 Å². The molecule has 0 unspecified atom stereocenters. The first-order valence-corrected chi connectivity index (χ1v) is 11.0. The summed E-state index contributed by atoms with van der Waals surface area (Å²) in [4.78, 5) is 32.1. The predicted molar refractivity (Wildman–Crippen MR) is 118 cm³/mol. The third-order valence-corrected chi connectivity index (χ3v) is 6.31. The van der Waals surface area contributed by atoms with Crippen LogP contribution in [-0.4, -0.2) is 26.9 Å². The van der Waals surface area contributed by atoms with Crippen LogP contribution in [0.5, 0.6) is 0 Å². The van der Waals surface area contributed by atoms with Gasteiger partial charge in [0.15, 0.2) is 5.82 Å². The van der Waals surface area contributed by atoms with Crippen molar-refractivity contribution in [1.82, 2.24) is 15.1 Å². The van der Waals surface area contributed by atoms with E-state index in [0.29, 0.717) is 18.1 Å². The van der Waals surface area contributed by atoms with Gasteiger partial charge < -0.3 is 15.6 Å². The smallest absolute Gasteiger partial charge is 0.315 e. The van der Waals surface area contributed by atoms with E-state index in [4.69, 9.17) is 15.5 Å². The number of nitrogens with zero attached hydrogens (tertiary/aromatic N) is 4. The molecule has 1 fully saturated rings. The molecule has 1 saturated carbocycles. The summed E-state index contributed by atoms with van der Waals surface area (Å²) < 4.78 is 5.01. The number of hydrogen-bond donors (Lipinski definition) is 2. The van der Waals surface area contributed by atoms with Crippen LogP contribution in [0.25, 0.3) is 11.1 Å². The van der Waals surface area contributed by atoms with Gasteiger partial charge in [-0.15, -0.1) is 0 Å². The lowest BCUT2D eigenvalue weighted by Crippen LogP contribution is -2.15. The Kier molecular flexibility index (Phi) is 5.34. The number of anilines is 1. The van der Waals surface area contributed by atoms with Crippen molar-refractivity contribution in [3.8, 4) is 17.2 Å². The lowest BCUT2D eigenvalue weighted by atomic mass is 9.90. The van der Waals surface area contributed by atoms with Crippen LogP contribution in [0.2, 0.25) is 0 Å². The zero-order chi connectivity index (χ0) is 22.9. The Morgan fingerprint density at radius 2 is 2.03 bits per heavy atom. The third kappa shape index (κ3) is 4.20. The summed E-state index contributed by atoms with van der Waals surface area (Å²) in [5, 5.41) is 15.8. The highest BCUT2D eigenvalue weighted by molar-refractivity contribution is 5.94. The Morgan fingerprint density at radius 3 is 2.79 bits per heavy atom. The van der Waals surface area contributed by atoms with Gasteiger partial charge in [-0.3, -0.25) is 9.59 Å². The third-order valence-electron chi connectivity index (χ3n) is 6.31. The molecule has 33 heavy (non-hydrogen) atoms. The molecule has 3 N–H and O–H groups in total. The van der Waals surface area contributed by atoms with Crippen LogP contribution < -0.4 is 11.1 Å². The summed E-state index contributed by atoms with van der Waals surface area (Å²) in [6, 6.07) is 12.1. The second-order valence-corrected chi connectivity index (χ2v) is 8.53. The predicted octanol–water partition coefficient (Wildman–Crippen LogP) is 3.19. The van der Waals surface area contributed by atoms with Gasteiger partial charge in [-0.05, 0) is 60.1 Å². The highest BCUT2D eigenvalue weighted by atomic mass is 16.5. The number of fused-ring (bicyclic) bond motifs is 1. The van der Waals surface area contributed by atoms with E-state index in [1.165, 1.54) is 5.56 Å². The Labute approximate surface area is 190 Å². The molecule has 0 bridgehead atoms. The van der Waals surface area contributed by atoms with E-state index in [-0.39, 0.29) is 29.6 Å². The first kappa shape index (κ1) is 20.8. The number of benzene rings is 1. The van der Waals surface area contributed by atoms with E-state index in [1.54, 1.807) is 6.20 Å². The van der Waals surface area contributed by atoms with Crippen molar-refractivity contribution < 1.29 is 14.1 Å². The fourth-order valence-corrected chi connectivity index (χ4v) is 4.43. The second kappa shape index (κ2) is 8.47. The number of carbonyl (C=O) groups is 2. The van der Waals surface area contributed by atoms with Crippen LogP contribution in [0.1, 0.15) is 59.2 Å². The van der Waals surface area contributed by atoms with Crippen LogP contribution >= 0.6 is 0 Å². The fourth-order valence-electron chi connectivity index (χ4n) is 4.43. The van der Waals surface area contributed by atoms with Crippen LogP contribution in [0.4, 0.5) is 5.82 Å². The number of aromatic nitrogens is 3. The van der Waals surface area contributed by atoms with Crippen LogP contribution in [0.15, 0.2) is 41.1 Å². The molecule has 3 atom stereocenters. The molecule has 0 saturated heterocycles. The SMILES string of the molecule is N#C[C@@H]1C[C@H]1C(=O)Nc1cc(-c2ccc3c(c2)CCCC[C@H]3c2noc(C(N)=O)n2)ccn1. The maximum atomic E-state index is 12.3. The molecule has 0 aliphatic heterocycles. The number of amides is 2. The molecule has 9 heteroatoms. The number of nitrogens with one attached hydrogen (secondary N) is 1. The normalized spacial score (nSPS) is 21.4. The Bertz CT molecular complexity index is 1280. The monoisotopic (exact) mass is 442 g/mol. The molecule has 2 heterocycles. The van der Waals surface area contributed by atoms with Gasteiger partial charge >= 0.3 is 11.8 Å². The van der Waals surface area contributed by atoms with Crippen LogP contribution in [0.3, 0.4) is 0 Å². The van der Waals surface area contributed by atoms with Crippen molar-refractivity contribution in [1.29, 1.82) is 5.26 Å². The number of nitrogens with two attached hydrogens (primary N) is 1. The summed E-state index contributed by atoms with van der Waals surface area (Å²) >= 11 is 0. The first-order valence-electron chi connectivity index (χ1n) is 11.0. The number of aryl methyl sites for hydroxylation is 1. The summed E-state index contributed by atoms with van der Waals surface area (Å²) in [5.74, 6) is -0.619. The molecule has 9 nitrogen and oxygen atoms in total. The van der Waals surface area contributed by atoms with Gasteiger partial charge in [0.2, 0.25) is 5.91 Å². The highest BCUT2D eigenvalue weighted by Gasteiger charge is 2.43. The zero-order valence-corrected chi connectivity index (χ0v) is 17.8. The molecule has 2 aliphatic carbocycles. The lowest BCUT2D eigenvalue weighted by Gasteiger charge is -2.15. The number of primary amides is 1. The number of carbonyl (C=O) groups excluding carboxylic acids is 2. The number of rotatable bonds is 5. The largest absolute Gasteiger partial charge is 0.361 e. The maximum Gasteiger partial charge on any atom is 0.315 e. The topological polar surface area (TPSA) is 148 Å². The molecule has 0 spiro atoms. The Morgan fingerprint density at radius 1 is 1.18 bits per heavy atom. The molecular weight excluding hydrogens is 420 g/mol. The van der Waals surface area contributed by atoms with E-state index < -0.39 is 5.91 Å². The molecule has 1 aromatic carbocycles. The quantitative estimate of drug-likeness (QED) is 0.577. The van der Waals surface area contributed by atoms with Gasteiger partial charge in [-0.25, -0.2) is 4.98 Å². The van der Waals surface area contributed by atoms with Gasteiger partial charge in [0.05, 0.1) is 17.9 Å². The van der Waals surface area contributed by atoms with Crippen molar-refractivity contribution in [2.75, 3.05) is 5.32 Å². The van der Waals surface area contributed by atoms with Crippen molar-refractivity contribution in [2.24, 2.45) is 17.6 Å². The van der Waals surface area contributed by atoms with E-state index in [2.05, 4.69) is 38.6 Å². The number of hydrogen-bond acceptors (Lipinski definition) is 7. The van der Waals surface area contributed by atoms with Crippen molar-refractivity contribution in [2.45, 2.75) is 38.0 Å². The average molecular weight is 442 g/mol. The fraction of sp³-hybridized carbons (Fsp3) is 0.333. The Balaban J connectivity index is 1.41. The van der Waals surface area contributed by atoms with Gasteiger partial charge in [0.25, 0.3) is 0 Å². The summed E-state index contributed by atoms with van der Waals surface area (Å²) in [7, 11) is 0. The molecule has 0 radical (unpaired) electrons. The molecule has 2 aromatic heterocycles. The lowest BCUT2D eigenvalue weighted by molar-refractivity contribution is -0.117. The van der Waals surface area contributed by atoms with Crippen LogP contribution in [0, 0.1) is 23.2 Å². The maximum absolute atomic E-state index is 12.3. The first-order chi connectivity index (χ1) is 16.0. The minimum absolute atomic E-state index is 0.0627. The van der Waals surface area contributed by atoms with Crippen LogP contribution in [-0.2, 0) is 11.2 Å². The van der Waals surface area contributed by atoms with E-state index in [9.17, 15) is 9.59 Å². The molecule has 166 valence electrons. The average Bonchev–Trinajstić information content (AvgIpc) is 3.51. The zero-order valence-electron chi connectivity index (χ0n) is 17.8. The van der Waals surface area contributed by atoms with E-state index in [0.717, 1.165) is 42.4 Å².